The van der Waals surface area contributed by atoms with Crippen molar-refractivity contribution in [2.45, 2.75) is 31.9 Å². The molecular weight excluding hydrogens is 245 g/mol. The molecule has 0 amide bonds. The molecule has 0 radical (unpaired) electrons. The van der Waals surface area contributed by atoms with Crippen LogP contribution in [-0.2, 0) is 4.74 Å². The first kappa shape index (κ1) is 14.4. The summed E-state index contributed by atoms with van der Waals surface area (Å²) in [7, 11) is 0. The Morgan fingerprint density at radius 3 is 2.68 bits per heavy atom. The number of hydrogen-bond donors (Lipinski definition) is 2. The maximum atomic E-state index is 12.8. The third kappa shape index (κ3) is 5.27. The Bertz CT molecular complexity index is 378. The van der Waals surface area contributed by atoms with Crippen LogP contribution in [0.15, 0.2) is 24.3 Å². The molecule has 2 rings (SSSR count). The highest BCUT2D eigenvalue weighted by Crippen LogP contribution is 2.28. The van der Waals surface area contributed by atoms with E-state index in [4.69, 9.17) is 4.74 Å². The Morgan fingerprint density at radius 2 is 2.05 bits per heavy atom. The zero-order chi connectivity index (χ0) is 13.7. The Labute approximate surface area is 113 Å². The first-order chi connectivity index (χ1) is 9.15. The van der Waals surface area contributed by atoms with Gasteiger partial charge in [-0.15, -0.1) is 0 Å². The monoisotopic (exact) mass is 267 g/mol. The van der Waals surface area contributed by atoms with E-state index in [2.05, 4.69) is 5.32 Å². The summed E-state index contributed by atoms with van der Waals surface area (Å²) in [5.74, 6) is 0.489. The van der Waals surface area contributed by atoms with Crippen LogP contribution < -0.4 is 5.32 Å². The largest absolute Gasteiger partial charge is 0.389 e. The molecule has 4 heteroatoms. The second kappa shape index (κ2) is 6.98. The molecular formula is C15H22FNO2. The molecule has 19 heavy (non-hydrogen) atoms. The van der Waals surface area contributed by atoms with Crippen LogP contribution in [0.1, 0.15) is 31.4 Å². The molecule has 0 aliphatic heterocycles. The fourth-order valence-corrected chi connectivity index (χ4v) is 1.90. The lowest BCUT2D eigenvalue weighted by Crippen LogP contribution is -2.32. The van der Waals surface area contributed by atoms with Crippen LogP contribution >= 0.6 is 0 Å². The van der Waals surface area contributed by atoms with Gasteiger partial charge in [0.1, 0.15) is 5.82 Å². The number of aliphatic hydroxyl groups excluding tert-OH is 1. The highest BCUT2D eigenvalue weighted by atomic mass is 19.1. The lowest BCUT2D eigenvalue weighted by atomic mass is 10.1. The van der Waals surface area contributed by atoms with Crippen LogP contribution in [0, 0.1) is 11.7 Å². The lowest BCUT2D eigenvalue weighted by molar-refractivity contribution is 0.0315. The summed E-state index contributed by atoms with van der Waals surface area (Å²) in [6.45, 7) is 3.61. The number of aliphatic hydroxyl groups is 1. The van der Waals surface area contributed by atoms with Crippen molar-refractivity contribution in [3.8, 4) is 0 Å². The normalized spacial score (nSPS) is 18.3. The van der Waals surface area contributed by atoms with Crippen LogP contribution in [0.5, 0.6) is 0 Å². The highest BCUT2D eigenvalue weighted by molar-refractivity contribution is 5.19. The smallest absolute Gasteiger partial charge is 0.123 e. The zero-order valence-electron chi connectivity index (χ0n) is 11.3. The van der Waals surface area contributed by atoms with Crippen molar-refractivity contribution in [3.05, 3.63) is 35.6 Å². The predicted molar refractivity (Wildman–Crippen MR) is 72.4 cm³/mol. The molecule has 3 nitrogen and oxygen atoms in total. The molecule has 2 N–H and O–H groups in total. The quantitative estimate of drug-likeness (QED) is 0.759. The predicted octanol–water partition coefficient (Wildman–Crippen LogP) is 2.26. The van der Waals surface area contributed by atoms with Crippen LogP contribution in [0.4, 0.5) is 4.39 Å². The van der Waals surface area contributed by atoms with Crippen molar-refractivity contribution >= 4 is 0 Å². The molecule has 0 saturated heterocycles. The van der Waals surface area contributed by atoms with Gasteiger partial charge in [-0.3, -0.25) is 0 Å². The van der Waals surface area contributed by atoms with Crippen LogP contribution in [0.2, 0.25) is 0 Å². The number of rotatable bonds is 8. The summed E-state index contributed by atoms with van der Waals surface area (Å²) in [6, 6.07) is 6.48. The minimum absolute atomic E-state index is 0.0821. The average molecular weight is 267 g/mol. The second-order valence-corrected chi connectivity index (χ2v) is 5.32. The lowest BCUT2D eigenvalue weighted by Gasteiger charge is -2.17. The van der Waals surface area contributed by atoms with Crippen molar-refractivity contribution in [1.82, 2.24) is 5.32 Å². The van der Waals surface area contributed by atoms with Crippen molar-refractivity contribution in [3.63, 3.8) is 0 Å². The minimum atomic E-state index is -0.498. The van der Waals surface area contributed by atoms with E-state index in [0.717, 1.165) is 18.1 Å². The third-order valence-electron chi connectivity index (χ3n) is 3.39. The highest BCUT2D eigenvalue weighted by Gasteiger charge is 2.21. The molecule has 1 saturated carbocycles. The summed E-state index contributed by atoms with van der Waals surface area (Å²) in [5.41, 5.74) is 1.01. The molecule has 0 bridgehead atoms. The maximum absolute atomic E-state index is 12.8. The van der Waals surface area contributed by atoms with Gasteiger partial charge in [0.15, 0.2) is 0 Å². The van der Waals surface area contributed by atoms with Gasteiger partial charge >= 0.3 is 0 Å². The van der Waals surface area contributed by atoms with E-state index in [9.17, 15) is 9.50 Å². The summed E-state index contributed by atoms with van der Waals surface area (Å²) < 4.78 is 18.2. The Hall–Kier alpha value is -0.970. The molecule has 0 heterocycles. The fourth-order valence-electron chi connectivity index (χ4n) is 1.90. The standard InChI is InChI=1S/C15H22FNO2/c1-11(13-4-6-14(16)7-5-13)17-8-15(18)10-19-9-12-2-3-12/h4-7,11-12,15,17-18H,2-3,8-10H2,1H3/t11-,15?/m1/s1. The second-order valence-electron chi connectivity index (χ2n) is 5.32. The third-order valence-corrected chi connectivity index (χ3v) is 3.39. The van der Waals surface area contributed by atoms with Gasteiger partial charge in [-0.05, 0) is 43.4 Å². The number of nitrogens with one attached hydrogen (secondary N) is 1. The van der Waals surface area contributed by atoms with E-state index in [1.54, 1.807) is 12.1 Å². The van der Waals surface area contributed by atoms with Crippen LogP contribution in [0.3, 0.4) is 0 Å². The summed E-state index contributed by atoms with van der Waals surface area (Å²) in [6.07, 6.45) is 2.02. The summed E-state index contributed by atoms with van der Waals surface area (Å²) >= 11 is 0. The van der Waals surface area contributed by atoms with Crippen molar-refractivity contribution in [1.29, 1.82) is 0 Å². The molecule has 0 aromatic heterocycles. The Morgan fingerprint density at radius 1 is 1.37 bits per heavy atom. The topological polar surface area (TPSA) is 41.5 Å². The maximum Gasteiger partial charge on any atom is 0.123 e. The van der Waals surface area contributed by atoms with Crippen LogP contribution in [-0.4, -0.2) is 31.0 Å². The molecule has 0 spiro atoms. The molecule has 1 aliphatic carbocycles. The van der Waals surface area contributed by atoms with E-state index < -0.39 is 6.10 Å². The van der Waals surface area contributed by atoms with E-state index in [1.165, 1.54) is 25.0 Å². The Balaban J connectivity index is 1.64. The van der Waals surface area contributed by atoms with Gasteiger partial charge in [0.05, 0.1) is 12.7 Å². The fraction of sp³-hybridized carbons (Fsp3) is 0.600. The van der Waals surface area contributed by atoms with Crippen LogP contribution in [0.25, 0.3) is 0 Å². The molecule has 1 aromatic carbocycles. The van der Waals surface area contributed by atoms with Gasteiger partial charge in [0.25, 0.3) is 0 Å². The van der Waals surface area contributed by atoms with Crippen molar-refractivity contribution in [2.75, 3.05) is 19.8 Å². The number of benzene rings is 1. The SMILES string of the molecule is C[C@@H](NCC(O)COCC1CC1)c1ccc(F)cc1. The summed E-state index contributed by atoms with van der Waals surface area (Å²) in [4.78, 5) is 0. The molecule has 1 unspecified atom stereocenters. The van der Waals surface area contributed by atoms with E-state index in [0.29, 0.717) is 13.2 Å². The van der Waals surface area contributed by atoms with Gasteiger partial charge < -0.3 is 15.2 Å². The van der Waals surface area contributed by atoms with E-state index in [1.807, 2.05) is 6.92 Å². The number of ether oxygens (including phenoxy) is 1. The van der Waals surface area contributed by atoms with Crippen molar-refractivity contribution in [2.24, 2.45) is 5.92 Å². The number of halogens is 1. The van der Waals surface area contributed by atoms with Gasteiger partial charge in [-0.25, -0.2) is 4.39 Å². The molecule has 1 aliphatic rings. The van der Waals surface area contributed by atoms with E-state index >= 15 is 0 Å². The molecule has 2 atom stereocenters. The van der Waals surface area contributed by atoms with Gasteiger partial charge in [0.2, 0.25) is 0 Å². The first-order valence-corrected chi connectivity index (χ1v) is 6.90. The first-order valence-electron chi connectivity index (χ1n) is 6.90. The average Bonchev–Trinajstić information content (AvgIpc) is 3.21. The van der Waals surface area contributed by atoms with Crippen molar-refractivity contribution < 1.29 is 14.2 Å². The van der Waals surface area contributed by atoms with Gasteiger partial charge in [0, 0.05) is 19.2 Å². The molecule has 1 fully saturated rings. The molecule has 106 valence electrons. The molecule has 1 aromatic rings. The zero-order valence-corrected chi connectivity index (χ0v) is 11.3. The van der Waals surface area contributed by atoms with Gasteiger partial charge in [-0.2, -0.15) is 0 Å². The minimum Gasteiger partial charge on any atom is -0.389 e. The summed E-state index contributed by atoms with van der Waals surface area (Å²) in [5, 5.41) is 13.0. The Kier molecular flexibility index (Phi) is 5.31. The van der Waals surface area contributed by atoms with Gasteiger partial charge in [-0.1, -0.05) is 12.1 Å². The van der Waals surface area contributed by atoms with E-state index in [-0.39, 0.29) is 11.9 Å². The number of hydrogen-bond acceptors (Lipinski definition) is 3.